The van der Waals surface area contributed by atoms with Crippen molar-refractivity contribution < 1.29 is 23.5 Å². The molecule has 0 heterocycles. The number of rotatable bonds is 9. The highest BCUT2D eigenvalue weighted by molar-refractivity contribution is 6.05. The van der Waals surface area contributed by atoms with Gasteiger partial charge in [0.2, 0.25) is 5.91 Å². The number of hydrogen-bond donors (Lipinski definition) is 3. The molecule has 0 fully saturated rings. The van der Waals surface area contributed by atoms with Crippen LogP contribution >= 0.6 is 12.4 Å². The van der Waals surface area contributed by atoms with Gasteiger partial charge in [0.1, 0.15) is 11.6 Å². The maximum Gasteiger partial charge on any atom is 0.255 e. The van der Waals surface area contributed by atoms with E-state index in [2.05, 4.69) is 16.0 Å². The second-order valence-electron chi connectivity index (χ2n) is 5.60. The smallest absolute Gasteiger partial charge is 0.255 e. The van der Waals surface area contributed by atoms with Gasteiger partial charge < -0.3 is 25.4 Å². The number of halogens is 2. The minimum absolute atomic E-state index is 0. The number of carbonyl (C=O) groups excluding carboxylic acids is 2. The van der Waals surface area contributed by atoms with Crippen LogP contribution in [0.15, 0.2) is 42.5 Å². The molecule has 0 bridgehead atoms. The van der Waals surface area contributed by atoms with Gasteiger partial charge in [-0.1, -0.05) is 6.07 Å². The topological polar surface area (TPSA) is 88.7 Å². The Bertz CT molecular complexity index is 804. The fourth-order valence-electron chi connectivity index (χ4n) is 2.29. The number of carbonyl (C=O) groups is 2. The molecule has 0 aliphatic carbocycles. The zero-order valence-electron chi connectivity index (χ0n) is 15.6. The van der Waals surface area contributed by atoms with E-state index in [-0.39, 0.29) is 30.4 Å². The largest absolute Gasteiger partial charge is 0.495 e. The van der Waals surface area contributed by atoms with Crippen molar-refractivity contribution in [2.24, 2.45) is 0 Å². The van der Waals surface area contributed by atoms with E-state index >= 15 is 0 Å². The molecule has 0 saturated heterocycles. The molecule has 152 valence electrons. The Hall–Kier alpha value is -2.68. The average molecular weight is 412 g/mol. The Morgan fingerprint density at radius 3 is 2.54 bits per heavy atom. The van der Waals surface area contributed by atoms with Crippen LogP contribution in [0.2, 0.25) is 0 Å². The number of benzene rings is 2. The highest BCUT2D eigenvalue weighted by Gasteiger charge is 2.12. The van der Waals surface area contributed by atoms with E-state index in [1.807, 2.05) is 0 Å². The molecule has 0 aliphatic heterocycles. The lowest BCUT2D eigenvalue weighted by Gasteiger charge is -2.13. The van der Waals surface area contributed by atoms with Gasteiger partial charge in [-0.2, -0.15) is 0 Å². The zero-order chi connectivity index (χ0) is 19.6. The Labute approximate surface area is 169 Å². The normalized spacial score (nSPS) is 9.96. The molecule has 9 heteroatoms. The van der Waals surface area contributed by atoms with E-state index in [0.717, 1.165) is 6.07 Å². The van der Waals surface area contributed by atoms with E-state index in [0.29, 0.717) is 30.3 Å². The summed E-state index contributed by atoms with van der Waals surface area (Å²) in [5.74, 6) is -0.816. The Morgan fingerprint density at radius 2 is 1.86 bits per heavy atom. The molecule has 0 spiro atoms. The monoisotopic (exact) mass is 411 g/mol. The van der Waals surface area contributed by atoms with Gasteiger partial charge in [0.15, 0.2) is 0 Å². The van der Waals surface area contributed by atoms with Crippen LogP contribution in [0.4, 0.5) is 15.8 Å². The third kappa shape index (κ3) is 7.15. The quantitative estimate of drug-likeness (QED) is 0.552. The molecule has 0 atom stereocenters. The highest BCUT2D eigenvalue weighted by atomic mass is 35.5. The van der Waals surface area contributed by atoms with Crippen LogP contribution in [0.1, 0.15) is 10.4 Å². The first kappa shape index (κ1) is 23.4. The van der Waals surface area contributed by atoms with Gasteiger partial charge >= 0.3 is 0 Å². The van der Waals surface area contributed by atoms with Gasteiger partial charge in [-0.15, -0.1) is 12.4 Å². The number of methoxy groups -OCH3 is 2. The summed E-state index contributed by atoms with van der Waals surface area (Å²) >= 11 is 0. The van der Waals surface area contributed by atoms with Crippen molar-refractivity contribution in [3.8, 4) is 5.75 Å². The Morgan fingerprint density at radius 1 is 1.07 bits per heavy atom. The molecule has 28 heavy (non-hydrogen) atoms. The van der Waals surface area contributed by atoms with Gasteiger partial charge in [-0.25, -0.2) is 4.39 Å². The Kier molecular flexibility index (Phi) is 9.94. The first-order valence-electron chi connectivity index (χ1n) is 8.28. The molecule has 0 aliphatic rings. The predicted molar refractivity (Wildman–Crippen MR) is 108 cm³/mol. The third-order valence-corrected chi connectivity index (χ3v) is 3.59. The second-order valence-corrected chi connectivity index (χ2v) is 5.60. The molecular formula is C19H23ClFN3O4. The molecule has 2 aromatic rings. The summed E-state index contributed by atoms with van der Waals surface area (Å²) in [5.41, 5.74) is 1.02. The van der Waals surface area contributed by atoms with Crippen molar-refractivity contribution >= 4 is 35.6 Å². The molecule has 0 unspecified atom stereocenters. The van der Waals surface area contributed by atoms with Crippen molar-refractivity contribution in [1.82, 2.24) is 5.32 Å². The van der Waals surface area contributed by atoms with Crippen molar-refractivity contribution in [3.63, 3.8) is 0 Å². The maximum atomic E-state index is 13.3. The average Bonchev–Trinajstić information content (AvgIpc) is 2.65. The third-order valence-electron chi connectivity index (χ3n) is 3.59. The van der Waals surface area contributed by atoms with Crippen molar-refractivity contribution in [1.29, 1.82) is 0 Å². The van der Waals surface area contributed by atoms with Crippen LogP contribution in [-0.4, -0.2) is 45.7 Å². The van der Waals surface area contributed by atoms with Gasteiger partial charge in [0, 0.05) is 24.9 Å². The summed E-state index contributed by atoms with van der Waals surface area (Å²) in [7, 11) is 3.05. The summed E-state index contributed by atoms with van der Waals surface area (Å²) < 4.78 is 23.4. The fraction of sp³-hybridized carbons (Fsp3) is 0.263. The lowest BCUT2D eigenvalue weighted by molar-refractivity contribution is -0.115. The van der Waals surface area contributed by atoms with E-state index in [1.54, 1.807) is 25.3 Å². The van der Waals surface area contributed by atoms with Crippen LogP contribution < -0.4 is 20.7 Å². The second kappa shape index (κ2) is 11.9. The van der Waals surface area contributed by atoms with Crippen LogP contribution in [-0.2, 0) is 9.53 Å². The summed E-state index contributed by atoms with van der Waals surface area (Å²) in [5, 5.41) is 8.32. The van der Waals surface area contributed by atoms with Crippen molar-refractivity contribution in [2.45, 2.75) is 0 Å². The summed E-state index contributed by atoms with van der Waals surface area (Å²) in [6.45, 7) is 1.19. The summed E-state index contributed by atoms with van der Waals surface area (Å²) in [6, 6.07) is 10.2. The standard InChI is InChI=1S/C19H22FN3O4.ClH/c1-26-9-8-21-12-18(24)22-15-6-7-17(27-2)16(11-15)23-19(25)13-4-3-5-14(20)10-13;/h3-7,10-11,21H,8-9,12H2,1-2H3,(H,22,24)(H,23,25);1H. The molecule has 0 radical (unpaired) electrons. The molecule has 7 nitrogen and oxygen atoms in total. The number of ether oxygens (including phenoxy) is 2. The molecule has 3 N–H and O–H groups in total. The molecule has 0 aromatic heterocycles. The summed E-state index contributed by atoms with van der Waals surface area (Å²) in [6.07, 6.45) is 0. The van der Waals surface area contributed by atoms with Gasteiger partial charge in [0.25, 0.3) is 5.91 Å². The minimum atomic E-state index is -0.503. The number of amides is 2. The number of nitrogens with one attached hydrogen (secondary N) is 3. The maximum absolute atomic E-state index is 13.3. The van der Waals surface area contributed by atoms with Crippen LogP contribution in [0.3, 0.4) is 0 Å². The lowest BCUT2D eigenvalue weighted by Crippen LogP contribution is -2.30. The van der Waals surface area contributed by atoms with Crippen LogP contribution in [0.25, 0.3) is 0 Å². The first-order valence-corrected chi connectivity index (χ1v) is 8.28. The van der Waals surface area contributed by atoms with Crippen molar-refractivity contribution in [2.75, 3.05) is 44.5 Å². The summed E-state index contributed by atoms with van der Waals surface area (Å²) in [4.78, 5) is 24.3. The molecule has 2 rings (SSSR count). The minimum Gasteiger partial charge on any atom is -0.495 e. The van der Waals surface area contributed by atoms with Crippen LogP contribution in [0, 0.1) is 5.82 Å². The van der Waals surface area contributed by atoms with Crippen LogP contribution in [0.5, 0.6) is 5.75 Å². The molecule has 0 saturated carbocycles. The van der Waals surface area contributed by atoms with Crippen molar-refractivity contribution in [3.05, 3.63) is 53.8 Å². The van der Waals surface area contributed by atoms with E-state index in [9.17, 15) is 14.0 Å². The van der Waals surface area contributed by atoms with Gasteiger partial charge in [0.05, 0.1) is 25.9 Å². The fourth-order valence-corrected chi connectivity index (χ4v) is 2.29. The SMILES string of the molecule is COCCNCC(=O)Nc1ccc(OC)c(NC(=O)c2cccc(F)c2)c1.Cl. The lowest BCUT2D eigenvalue weighted by atomic mass is 10.2. The van der Waals surface area contributed by atoms with E-state index in [1.165, 1.54) is 25.3 Å². The number of hydrogen-bond acceptors (Lipinski definition) is 5. The van der Waals surface area contributed by atoms with E-state index < -0.39 is 11.7 Å². The molecular weight excluding hydrogens is 389 g/mol. The molecule has 2 aromatic carbocycles. The molecule has 2 amide bonds. The van der Waals surface area contributed by atoms with Gasteiger partial charge in [-0.3, -0.25) is 9.59 Å². The predicted octanol–water partition coefficient (Wildman–Crippen LogP) is 2.68. The first-order chi connectivity index (χ1) is 13.0. The highest BCUT2D eigenvalue weighted by Crippen LogP contribution is 2.28. The van der Waals surface area contributed by atoms with E-state index in [4.69, 9.17) is 9.47 Å². The Balaban J connectivity index is 0.00000392. The zero-order valence-corrected chi connectivity index (χ0v) is 16.4. The number of anilines is 2. The van der Waals surface area contributed by atoms with Gasteiger partial charge in [-0.05, 0) is 36.4 Å².